The Kier molecular flexibility index (Phi) is 4.16. The number of nitrogens with two attached hydrogens (primary N) is 1. The predicted octanol–water partition coefficient (Wildman–Crippen LogP) is 3.57. The highest BCUT2D eigenvalue weighted by atomic mass is 32.1. The van der Waals surface area contributed by atoms with Gasteiger partial charge in [-0.1, -0.05) is 72.0 Å². The average Bonchev–Trinajstić information content (AvgIpc) is 2.89. The van der Waals surface area contributed by atoms with Gasteiger partial charge in [-0.05, 0) is 5.56 Å². The Balaban J connectivity index is 1.79. The van der Waals surface area contributed by atoms with E-state index in [-0.39, 0.29) is 5.91 Å². The third-order valence-corrected chi connectivity index (χ3v) is 3.95. The first-order valence-corrected chi connectivity index (χ1v) is 7.69. The zero-order valence-electron chi connectivity index (χ0n) is 11.8. The van der Waals surface area contributed by atoms with E-state index in [0.29, 0.717) is 22.2 Å². The van der Waals surface area contributed by atoms with E-state index in [0.717, 1.165) is 11.1 Å². The van der Waals surface area contributed by atoms with Crippen molar-refractivity contribution in [1.82, 2.24) is 4.98 Å². The molecule has 0 fully saturated rings. The number of hydrogen-bond donors (Lipinski definition) is 2. The maximum absolute atomic E-state index is 12.2. The third kappa shape index (κ3) is 3.32. The first kappa shape index (κ1) is 14.3. The van der Waals surface area contributed by atoms with Gasteiger partial charge < -0.3 is 11.1 Å². The maximum atomic E-state index is 12.2. The van der Waals surface area contributed by atoms with Gasteiger partial charge in [0.05, 0.1) is 6.42 Å². The first-order valence-electron chi connectivity index (χ1n) is 6.88. The summed E-state index contributed by atoms with van der Waals surface area (Å²) < 4.78 is 0. The van der Waals surface area contributed by atoms with Crippen molar-refractivity contribution < 1.29 is 4.79 Å². The highest BCUT2D eigenvalue weighted by molar-refractivity contribution is 7.20. The van der Waals surface area contributed by atoms with Crippen LogP contribution in [0, 0.1) is 0 Å². The smallest absolute Gasteiger partial charge is 0.229 e. The fourth-order valence-electron chi connectivity index (χ4n) is 2.17. The van der Waals surface area contributed by atoms with Crippen LogP contribution in [0.5, 0.6) is 0 Å². The molecule has 0 bridgehead atoms. The van der Waals surface area contributed by atoms with Crippen molar-refractivity contribution in [3.05, 3.63) is 66.2 Å². The number of nitrogens with one attached hydrogen (secondary N) is 1. The first-order chi connectivity index (χ1) is 10.7. The molecule has 0 aliphatic carbocycles. The van der Waals surface area contributed by atoms with Crippen LogP contribution in [0.4, 0.5) is 10.1 Å². The van der Waals surface area contributed by atoms with Gasteiger partial charge in [0.2, 0.25) is 5.91 Å². The molecular weight excluding hydrogens is 294 g/mol. The molecule has 110 valence electrons. The molecule has 3 N–H and O–H groups in total. The number of nitrogens with zero attached hydrogens (tertiary/aromatic N) is 1. The predicted molar refractivity (Wildman–Crippen MR) is 90.7 cm³/mol. The topological polar surface area (TPSA) is 68.0 Å². The second-order valence-corrected chi connectivity index (χ2v) is 5.84. The molecule has 0 aliphatic heterocycles. The second-order valence-electron chi connectivity index (χ2n) is 4.81. The molecule has 1 aromatic heterocycles. The van der Waals surface area contributed by atoms with Crippen molar-refractivity contribution in [3.8, 4) is 11.3 Å². The Labute approximate surface area is 132 Å². The van der Waals surface area contributed by atoms with Crippen LogP contribution in [0.1, 0.15) is 5.56 Å². The van der Waals surface area contributed by atoms with Crippen molar-refractivity contribution in [1.29, 1.82) is 0 Å². The molecule has 0 radical (unpaired) electrons. The number of benzene rings is 2. The number of thiazole rings is 1. The van der Waals surface area contributed by atoms with Gasteiger partial charge >= 0.3 is 0 Å². The van der Waals surface area contributed by atoms with Crippen LogP contribution < -0.4 is 11.1 Å². The number of aromatic nitrogens is 1. The molecular formula is C17H15N3OS. The Bertz CT molecular complexity index is 769. The molecule has 1 amide bonds. The van der Waals surface area contributed by atoms with E-state index in [1.165, 1.54) is 11.3 Å². The molecule has 0 saturated carbocycles. The lowest BCUT2D eigenvalue weighted by Gasteiger charge is -2.05. The number of carbonyl (C=O) groups is 1. The van der Waals surface area contributed by atoms with Crippen LogP contribution in [-0.4, -0.2) is 10.9 Å². The lowest BCUT2D eigenvalue weighted by molar-refractivity contribution is -0.115. The minimum Gasteiger partial charge on any atom is -0.375 e. The number of nitrogen functional groups attached to an aromatic ring is 1. The zero-order chi connectivity index (χ0) is 15.4. The van der Waals surface area contributed by atoms with E-state index in [9.17, 15) is 4.79 Å². The highest BCUT2D eigenvalue weighted by Gasteiger charge is 2.14. The van der Waals surface area contributed by atoms with Gasteiger partial charge in [-0.2, -0.15) is 0 Å². The quantitative estimate of drug-likeness (QED) is 0.774. The van der Waals surface area contributed by atoms with Crippen molar-refractivity contribution in [2.45, 2.75) is 6.42 Å². The molecule has 0 saturated heterocycles. The zero-order valence-corrected chi connectivity index (χ0v) is 12.6. The minimum absolute atomic E-state index is 0.0768. The summed E-state index contributed by atoms with van der Waals surface area (Å²) in [5.41, 5.74) is 8.42. The largest absolute Gasteiger partial charge is 0.375 e. The molecule has 22 heavy (non-hydrogen) atoms. The van der Waals surface area contributed by atoms with Crippen LogP contribution in [-0.2, 0) is 11.2 Å². The standard InChI is InChI=1S/C17H15N3OS/c18-17-20-15(13-9-5-2-6-10-13)16(22-17)19-14(21)11-12-7-3-1-4-8-12/h1-10H,11H2,(H2,18,20)(H,19,21). The van der Waals surface area contributed by atoms with E-state index in [2.05, 4.69) is 10.3 Å². The highest BCUT2D eigenvalue weighted by Crippen LogP contribution is 2.34. The third-order valence-electron chi connectivity index (χ3n) is 3.15. The monoisotopic (exact) mass is 309 g/mol. The summed E-state index contributed by atoms with van der Waals surface area (Å²) in [7, 11) is 0. The number of carbonyl (C=O) groups excluding carboxylic acids is 1. The molecule has 0 aliphatic rings. The number of rotatable bonds is 4. The van der Waals surface area contributed by atoms with E-state index in [4.69, 9.17) is 5.73 Å². The summed E-state index contributed by atoms with van der Waals surface area (Å²) in [6.45, 7) is 0. The van der Waals surface area contributed by atoms with Crippen LogP contribution in [0.3, 0.4) is 0 Å². The molecule has 4 nitrogen and oxygen atoms in total. The molecule has 3 aromatic rings. The number of amides is 1. The molecule has 2 aromatic carbocycles. The van der Waals surface area contributed by atoms with Crippen LogP contribution in [0.2, 0.25) is 0 Å². The van der Waals surface area contributed by atoms with E-state index in [1.54, 1.807) is 0 Å². The van der Waals surface area contributed by atoms with Gasteiger partial charge in [-0.3, -0.25) is 4.79 Å². The van der Waals surface area contributed by atoms with Crippen molar-refractivity contribution in [3.63, 3.8) is 0 Å². The van der Waals surface area contributed by atoms with Crippen molar-refractivity contribution >= 4 is 27.4 Å². The fraction of sp³-hybridized carbons (Fsp3) is 0.0588. The fourth-order valence-corrected chi connectivity index (χ4v) is 2.94. The molecule has 3 rings (SSSR count). The number of hydrogen-bond acceptors (Lipinski definition) is 4. The second kappa shape index (κ2) is 6.41. The molecule has 1 heterocycles. The summed E-state index contributed by atoms with van der Waals surface area (Å²) in [5.74, 6) is -0.0768. The summed E-state index contributed by atoms with van der Waals surface area (Å²) >= 11 is 1.28. The number of anilines is 2. The van der Waals surface area contributed by atoms with Gasteiger partial charge in [-0.15, -0.1) is 0 Å². The van der Waals surface area contributed by atoms with Crippen LogP contribution in [0.15, 0.2) is 60.7 Å². The van der Waals surface area contributed by atoms with Gasteiger partial charge in [0.15, 0.2) is 5.13 Å². The van der Waals surface area contributed by atoms with Crippen LogP contribution >= 0.6 is 11.3 Å². The summed E-state index contributed by atoms with van der Waals surface area (Å²) in [6.07, 6.45) is 0.326. The lowest BCUT2D eigenvalue weighted by Crippen LogP contribution is -2.14. The van der Waals surface area contributed by atoms with Crippen LogP contribution in [0.25, 0.3) is 11.3 Å². The van der Waals surface area contributed by atoms with E-state index in [1.807, 2.05) is 60.7 Å². The Hall–Kier alpha value is -2.66. The summed E-state index contributed by atoms with van der Waals surface area (Å²) in [4.78, 5) is 16.5. The van der Waals surface area contributed by atoms with Gasteiger partial charge in [0, 0.05) is 5.56 Å². The van der Waals surface area contributed by atoms with Gasteiger partial charge in [-0.25, -0.2) is 4.98 Å². The Morgan fingerprint density at radius 3 is 2.36 bits per heavy atom. The summed E-state index contributed by atoms with van der Waals surface area (Å²) in [6, 6.07) is 19.3. The molecule has 0 spiro atoms. The van der Waals surface area contributed by atoms with Crippen molar-refractivity contribution in [2.24, 2.45) is 0 Å². The minimum atomic E-state index is -0.0768. The van der Waals surface area contributed by atoms with Gasteiger partial charge in [0.1, 0.15) is 10.7 Å². The molecule has 0 unspecified atom stereocenters. The maximum Gasteiger partial charge on any atom is 0.229 e. The van der Waals surface area contributed by atoms with E-state index >= 15 is 0 Å². The Morgan fingerprint density at radius 2 is 1.68 bits per heavy atom. The summed E-state index contributed by atoms with van der Waals surface area (Å²) in [5, 5.41) is 4.04. The lowest BCUT2D eigenvalue weighted by atomic mass is 10.1. The average molecular weight is 309 g/mol. The molecule has 0 atom stereocenters. The Morgan fingerprint density at radius 1 is 1.05 bits per heavy atom. The molecule has 5 heteroatoms. The normalized spacial score (nSPS) is 10.4. The van der Waals surface area contributed by atoms with E-state index < -0.39 is 0 Å². The SMILES string of the molecule is Nc1nc(-c2ccccc2)c(NC(=O)Cc2ccccc2)s1. The van der Waals surface area contributed by atoms with Crippen molar-refractivity contribution in [2.75, 3.05) is 11.1 Å². The van der Waals surface area contributed by atoms with Gasteiger partial charge in [0.25, 0.3) is 0 Å².